The van der Waals surface area contributed by atoms with E-state index in [0.29, 0.717) is 11.6 Å². The fourth-order valence-electron chi connectivity index (χ4n) is 1.39. The molecule has 0 saturated heterocycles. The molecular formula is C11H17N3O3S. The van der Waals surface area contributed by atoms with E-state index in [9.17, 15) is 8.42 Å². The Morgan fingerprint density at radius 1 is 1.39 bits per heavy atom. The summed E-state index contributed by atoms with van der Waals surface area (Å²) in [5.74, 6) is 1.40. The van der Waals surface area contributed by atoms with Gasteiger partial charge in [0.05, 0.1) is 12.4 Å². The number of sulfonamides is 1. The number of ether oxygens (including phenoxy) is 1. The molecule has 1 aromatic heterocycles. The molecule has 18 heavy (non-hydrogen) atoms. The second-order valence-electron chi connectivity index (χ2n) is 4.60. The van der Waals surface area contributed by atoms with E-state index in [2.05, 4.69) is 9.71 Å². The summed E-state index contributed by atoms with van der Waals surface area (Å²) < 4.78 is 30.6. The quantitative estimate of drug-likeness (QED) is 0.867. The average molecular weight is 271 g/mol. The van der Waals surface area contributed by atoms with Gasteiger partial charge in [0.1, 0.15) is 5.82 Å². The van der Waals surface area contributed by atoms with Crippen molar-refractivity contribution in [2.75, 3.05) is 30.0 Å². The lowest BCUT2D eigenvalue weighted by Gasteiger charge is -2.16. The molecule has 1 aliphatic carbocycles. The minimum Gasteiger partial charge on any atom is -0.487 e. The molecule has 0 radical (unpaired) electrons. The zero-order valence-corrected chi connectivity index (χ0v) is 11.5. The molecule has 1 fully saturated rings. The highest BCUT2D eigenvalue weighted by Gasteiger charge is 2.25. The molecule has 0 unspecified atom stereocenters. The molecule has 6 nitrogen and oxygen atoms in total. The highest BCUT2D eigenvalue weighted by Crippen LogP contribution is 2.32. The minimum atomic E-state index is -3.37. The van der Waals surface area contributed by atoms with E-state index in [0.717, 1.165) is 19.1 Å². The van der Waals surface area contributed by atoms with Gasteiger partial charge in [0, 0.05) is 14.1 Å². The Balaban J connectivity index is 2.32. The third-order valence-electron chi connectivity index (χ3n) is 2.40. The lowest BCUT2D eigenvalue weighted by molar-refractivity contribution is 0.304. The lowest BCUT2D eigenvalue weighted by Crippen LogP contribution is -2.16. The second kappa shape index (κ2) is 4.64. The fraction of sp³-hybridized carbons (Fsp3) is 0.545. The van der Waals surface area contributed by atoms with E-state index in [4.69, 9.17) is 4.74 Å². The van der Waals surface area contributed by atoms with Crippen LogP contribution in [0.3, 0.4) is 0 Å². The second-order valence-corrected chi connectivity index (χ2v) is 6.35. The fourth-order valence-corrected chi connectivity index (χ4v) is 1.89. The van der Waals surface area contributed by atoms with Gasteiger partial charge < -0.3 is 9.64 Å². The van der Waals surface area contributed by atoms with E-state index in [-0.39, 0.29) is 11.9 Å². The zero-order chi connectivity index (χ0) is 13.3. The van der Waals surface area contributed by atoms with Crippen LogP contribution in [0.15, 0.2) is 12.1 Å². The Hall–Kier alpha value is -1.50. The Morgan fingerprint density at radius 2 is 2.06 bits per heavy atom. The van der Waals surface area contributed by atoms with Gasteiger partial charge in [-0.1, -0.05) is 0 Å². The van der Waals surface area contributed by atoms with Crippen LogP contribution in [0, 0.1) is 0 Å². The maximum atomic E-state index is 11.3. The first-order chi connectivity index (χ1) is 8.35. The molecule has 100 valence electrons. The minimum absolute atomic E-state index is 0.192. The SMILES string of the molecule is CN(C)c1ccc(OC2CC2)c(NS(C)(=O)=O)n1. The highest BCUT2D eigenvalue weighted by atomic mass is 32.2. The number of anilines is 2. The van der Waals surface area contributed by atoms with Crippen molar-refractivity contribution in [1.82, 2.24) is 4.98 Å². The van der Waals surface area contributed by atoms with Crippen molar-refractivity contribution in [3.63, 3.8) is 0 Å². The van der Waals surface area contributed by atoms with Crippen LogP contribution in [0.2, 0.25) is 0 Å². The molecule has 0 aliphatic heterocycles. The van der Waals surface area contributed by atoms with Crippen LogP contribution in [-0.2, 0) is 10.0 Å². The number of rotatable bonds is 5. The Bertz CT molecular complexity index is 538. The molecule has 0 aromatic carbocycles. The highest BCUT2D eigenvalue weighted by molar-refractivity contribution is 7.92. The number of nitrogens with zero attached hydrogens (tertiary/aromatic N) is 2. The number of hydrogen-bond donors (Lipinski definition) is 1. The summed E-state index contributed by atoms with van der Waals surface area (Å²) in [7, 11) is 0.314. The summed E-state index contributed by atoms with van der Waals surface area (Å²) in [4.78, 5) is 6.05. The number of hydrogen-bond acceptors (Lipinski definition) is 5. The maximum absolute atomic E-state index is 11.3. The number of pyridine rings is 1. The summed E-state index contributed by atoms with van der Waals surface area (Å²) in [6, 6.07) is 3.54. The first-order valence-electron chi connectivity index (χ1n) is 5.68. The van der Waals surface area contributed by atoms with E-state index in [1.165, 1.54) is 0 Å². The largest absolute Gasteiger partial charge is 0.487 e. The molecule has 1 saturated carbocycles. The number of nitrogens with one attached hydrogen (secondary N) is 1. The van der Waals surface area contributed by atoms with Crippen LogP contribution in [0.1, 0.15) is 12.8 Å². The Morgan fingerprint density at radius 3 is 2.56 bits per heavy atom. The lowest BCUT2D eigenvalue weighted by atomic mass is 10.4. The maximum Gasteiger partial charge on any atom is 0.231 e. The predicted molar refractivity (Wildman–Crippen MR) is 70.7 cm³/mol. The summed E-state index contributed by atoms with van der Waals surface area (Å²) in [6.45, 7) is 0. The Kier molecular flexibility index (Phi) is 3.34. The third kappa shape index (κ3) is 3.49. The van der Waals surface area contributed by atoms with E-state index in [1.807, 2.05) is 14.1 Å². The molecule has 1 N–H and O–H groups in total. The first kappa shape index (κ1) is 12.9. The molecule has 1 aromatic rings. The topological polar surface area (TPSA) is 71.5 Å². The van der Waals surface area contributed by atoms with Gasteiger partial charge in [-0.3, -0.25) is 4.72 Å². The van der Waals surface area contributed by atoms with E-state index < -0.39 is 10.0 Å². The van der Waals surface area contributed by atoms with Gasteiger partial charge in [-0.05, 0) is 25.0 Å². The molecule has 0 atom stereocenters. The molecular weight excluding hydrogens is 254 g/mol. The van der Waals surface area contributed by atoms with E-state index in [1.54, 1.807) is 17.0 Å². The smallest absolute Gasteiger partial charge is 0.231 e. The Labute approximate surface area is 107 Å². The zero-order valence-electron chi connectivity index (χ0n) is 10.7. The van der Waals surface area contributed by atoms with Crippen LogP contribution in [0.4, 0.5) is 11.6 Å². The van der Waals surface area contributed by atoms with Gasteiger partial charge in [0.15, 0.2) is 11.6 Å². The van der Waals surface area contributed by atoms with Gasteiger partial charge >= 0.3 is 0 Å². The van der Waals surface area contributed by atoms with Gasteiger partial charge in [0.2, 0.25) is 10.0 Å². The standard InChI is InChI=1S/C11H17N3O3S/c1-14(2)10-7-6-9(17-8-4-5-8)11(12-10)13-18(3,15)16/h6-8H,4-5H2,1-3H3,(H,12,13). The monoisotopic (exact) mass is 271 g/mol. The molecule has 1 heterocycles. The molecule has 0 spiro atoms. The van der Waals surface area contributed by atoms with Gasteiger partial charge in [-0.2, -0.15) is 0 Å². The third-order valence-corrected chi connectivity index (χ3v) is 2.97. The van der Waals surface area contributed by atoms with Crippen molar-refractivity contribution >= 4 is 21.7 Å². The molecule has 0 amide bonds. The summed E-state index contributed by atoms with van der Waals surface area (Å²) >= 11 is 0. The van der Waals surface area contributed by atoms with Crippen LogP contribution >= 0.6 is 0 Å². The van der Waals surface area contributed by atoms with Crippen LogP contribution in [-0.4, -0.2) is 39.9 Å². The van der Waals surface area contributed by atoms with Crippen molar-refractivity contribution in [2.24, 2.45) is 0 Å². The number of aromatic nitrogens is 1. The molecule has 2 rings (SSSR count). The first-order valence-corrected chi connectivity index (χ1v) is 7.57. The van der Waals surface area contributed by atoms with Crippen molar-refractivity contribution in [2.45, 2.75) is 18.9 Å². The van der Waals surface area contributed by atoms with Crippen molar-refractivity contribution in [3.05, 3.63) is 12.1 Å². The van der Waals surface area contributed by atoms with Crippen LogP contribution < -0.4 is 14.4 Å². The predicted octanol–water partition coefficient (Wildman–Crippen LogP) is 1.06. The van der Waals surface area contributed by atoms with Gasteiger partial charge in [-0.15, -0.1) is 0 Å². The average Bonchev–Trinajstić information content (AvgIpc) is 3.02. The van der Waals surface area contributed by atoms with Crippen molar-refractivity contribution in [1.29, 1.82) is 0 Å². The van der Waals surface area contributed by atoms with Crippen molar-refractivity contribution in [3.8, 4) is 5.75 Å². The summed E-state index contributed by atoms with van der Waals surface area (Å²) in [5, 5.41) is 0. The summed E-state index contributed by atoms with van der Waals surface area (Å²) in [6.07, 6.45) is 3.30. The molecule has 7 heteroatoms. The molecule has 0 bridgehead atoms. The molecule has 1 aliphatic rings. The van der Waals surface area contributed by atoms with Gasteiger partial charge in [0.25, 0.3) is 0 Å². The van der Waals surface area contributed by atoms with Crippen LogP contribution in [0.25, 0.3) is 0 Å². The van der Waals surface area contributed by atoms with E-state index >= 15 is 0 Å². The normalized spacial score (nSPS) is 15.3. The van der Waals surface area contributed by atoms with Crippen LogP contribution in [0.5, 0.6) is 5.75 Å². The van der Waals surface area contributed by atoms with Crippen molar-refractivity contribution < 1.29 is 13.2 Å². The summed E-state index contributed by atoms with van der Waals surface area (Å²) in [5.41, 5.74) is 0. The van der Waals surface area contributed by atoms with Gasteiger partial charge in [-0.25, -0.2) is 13.4 Å².